The van der Waals surface area contributed by atoms with Crippen molar-refractivity contribution in [1.29, 1.82) is 0 Å². The Morgan fingerprint density at radius 3 is 1.30 bits per heavy atom. The fraction of sp³-hybridized carbons (Fsp3) is 0.500. The Bertz CT molecular complexity index is 1590. The van der Waals surface area contributed by atoms with Crippen molar-refractivity contribution in [1.82, 2.24) is 0 Å². The molecule has 4 rings (SSSR count). The average molecular weight is 689 g/mol. The summed E-state index contributed by atoms with van der Waals surface area (Å²) in [6.07, 6.45) is 2.79. The molecule has 50 heavy (non-hydrogen) atoms. The zero-order valence-electron chi connectivity index (χ0n) is 30.8. The fourth-order valence-corrected chi connectivity index (χ4v) is 6.70. The second-order valence-electron chi connectivity index (χ2n) is 14.6. The molecular weight excluding hydrogens is 636 g/mol. The number of aliphatic imine (C=N–C) groups is 2. The van der Waals surface area contributed by atoms with Gasteiger partial charge in [0.15, 0.2) is 34.6 Å². The SMILES string of the molecule is COc1ccc(CCN=C2CC(C)(C)CC(=O)/C2=C(/O)CC/C(O)=C2\C(=O)CC(C)(C)CC2=NCCc2ccc(OC)c(OC)c2)cc1OC. The maximum absolute atomic E-state index is 13.4. The molecule has 0 atom stereocenters. The monoisotopic (exact) mass is 688 g/mol. The third-order valence-electron chi connectivity index (χ3n) is 9.18. The van der Waals surface area contributed by atoms with Crippen LogP contribution >= 0.6 is 0 Å². The summed E-state index contributed by atoms with van der Waals surface area (Å²) in [5, 5.41) is 22.6. The first-order valence-electron chi connectivity index (χ1n) is 17.1. The van der Waals surface area contributed by atoms with Crippen molar-refractivity contribution < 1.29 is 38.7 Å². The first kappa shape index (κ1) is 38.2. The average Bonchev–Trinajstić information content (AvgIpc) is 3.05. The highest BCUT2D eigenvalue weighted by Crippen LogP contribution is 2.38. The first-order valence-corrected chi connectivity index (χ1v) is 17.1. The van der Waals surface area contributed by atoms with Crippen molar-refractivity contribution in [3.63, 3.8) is 0 Å². The summed E-state index contributed by atoms with van der Waals surface area (Å²) in [4.78, 5) is 36.4. The number of nitrogens with zero attached hydrogens (tertiary/aromatic N) is 2. The van der Waals surface area contributed by atoms with E-state index in [2.05, 4.69) is 0 Å². The van der Waals surface area contributed by atoms with E-state index in [4.69, 9.17) is 28.9 Å². The van der Waals surface area contributed by atoms with Crippen LogP contribution < -0.4 is 18.9 Å². The van der Waals surface area contributed by atoms with Crippen LogP contribution in [0.4, 0.5) is 0 Å². The second-order valence-corrected chi connectivity index (χ2v) is 14.6. The summed E-state index contributed by atoms with van der Waals surface area (Å²) in [5.74, 6) is 1.93. The summed E-state index contributed by atoms with van der Waals surface area (Å²) in [7, 11) is 6.36. The fourth-order valence-electron chi connectivity index (χ4n) is 6.70. The summed E-state index contributed by atoms with van der Waals surface area (Å²) < 4.78 is 21.5. The molecule has 0 heterocycles. The van der Waals surface area contributed by atoms with E-state index in [1.54, 1.807) is 28.4 Å². The van der Waals surface area contributed by atoms with Gasteiger partial charge in [0.1, 0.15) is 11.5 Å². The minimum absolute atomic E-state index is 0.0128. The van der Waals surface area contributed by atoms with E-state index >= 15 is 0 Å². The Kier molecular flexibility index (Phi) is 12.5. The minimum Gasteiger partial charge on any atom is -0.511 e. The molecule has 270 valence electrons. The molecule has 0 aliphatic heterocycles. The molecule has 2 aliphatic carbocycles. The largest absolute Gasteiger partial charge is 0.511 e. The van der Waals surface area contributed by atoms with Crippen LogP contribution in [0.5, 0.6) is 23.0 Å². The number of hydrogen-bond acceptors (Lipinski definition) is 10. The van der Waals surface area contributed by atoms with E-state index in [0.717, 1.165) is 11.1 Å². The molecule has 2 saturated carbocycles. The molecule has 2 N–H and O–H groups in total. The van der Waals surface area contributed by atoms with Crippen LogP contribution in [0.3, 0.4) is 0 Å². The van der Waals surface area contributed by atoms with E-state index in [1.807, 2.05) is 64.1 Å². The lowest BCUT2D eigenvalue weighted by molar-refractivity contribution is -0.118. The van der Waals surface area contributed by atoms with Crippen molar-refractivity contribution in [2.24, 2.45) is 20.8 Å². The molecule has 0 unspecified atom stereocenters. The number of ketones is 2. The Hall–Kier alpha value is -4.60. The van der Waals surface area contributed by atoms with Gasteiger partial charge in [0.05, 0.1) is 39.6 Å². The van der Waals surface area contributed by atoms with Crippen molar-refractivity contribution in [2.45, 2.75) is 79.1 Å². The smallest absolute Gasteiger partial charge is 0.168 e. The standard InChI is InChI=1S/C40H52N2O8/c1-39(2)21-27(41-17-15-25-9-13-33(47-5)35(19-25)49-7)37(31(45)23-39)29(43)11-12-30(44)38-28(22-40(3,4)24-32(38)46)42-18-16-26-10-14-34(48-6)36(20-26)50-8/h9-10,13-14,19-20,43-44H,11-12,15-18,21-24H2,1-8H3/b37-29+,38-30+,41-27?,42-28?. The normalized spacial score (nSPS) is 20.9. The first-order chi connectivity index (χ1) is 23.7. The quantitative estimate of drug-likeness (QED) is 0.163. The molecule has 2 aliphatic rings. The van der Waals surface area contributed by atoms with Gasteiger partial charge in [0.25, 0.3) is 0 Å². The maximum atomic E-state index is 13.4. The van der Waals surface area contributed by atoms with E-state index in [-0.39, 0.29) is 70.7 Å². The molecule has 10 nitrogen and oxygen atoms in total. The highest BCUT2D eigenvalue weighted by molar-refractivity contribution is 6.25. The van der Waals surface area contributed by atoms with E-state index in [0.29, 0.717) is 73.2 Å². The maximum Gasteiger partial charge on any atom is 0.168 e. The van der Waals surface area contributed by atoms with Gasteiger partial charge < -0.3 is 29.2 Å². The van der Waals surface area contributed by atoms with Gasteiger partial charge in [-0.1, -0.05) is 39.8 Å². The zero-order chi connectivity index (χ0) is 36.6. The summed E-state index contributed by atoms with van der Waals surface area (Å²) >= 11 is 0. The van der Waals surface area contributed by atoms with Gasteiger partial charge in [-0.2, -0.15) is 0 Å². The Morgan fingerprint density at radius 2 is 0.960 bits per heavy atom. The topological polar surface area (TPSA) is 136 Å². The van der Waals surface area contributed by atoms with Gasteiger partial charge in [0, 0.05) is 50.2 Å². The highest BCUT2D eigenvalue weighted by atomic mass is 16.5. The number of Topliss-reactive ketones (excluding diaryl/α,β-unsaturated/α-hetero) is 2. The number of rotatable bonds is 13. The number of methoxy groups -OCH3 is 4. The van der Waals surface area contributed by atoms with Crippen LogP contribution in [-0.4, -0.2) is 74.7 Å². The van der Waals surface area contributed by atoms with Gasteiger partial charge in [-0.3, -0.25) is 19.6 Å². The summed E-state index contributed by atoms with van der Waals surface area (Å²) in [6, 6.07) is 11.4. The zero-order valence-corrected chi connectivity index (χ0v) is 30.8. The van der Waals surface area contributed by atoms with Gasteiger partial charge in [0.2, 0.25) is 0 Å². The molecule has 10 heteroatoms. The Balaban J connectivity index is 1.55. The third kappa shape index (κ3) is 9.55. The van der Waals surface area contributed by atoms with Gasteiger partial charge in [-0.15, -0.1) is 0 Å². The van der Waals surface area contributed by atoms with E-state index in [9.17, 15) is 19.8 Å². The van der Waals surface area contributed by atoms with Crippen molar-refractivity contribution >= 4 is 23.0 Å². The number of aliphatic hydroxyl groups is 2. The number of allylic oxidation sites excluding steroid dienone is 4. The molecule has 0 aromatic heterocycles. The highest BCUT2D eigenvalue weighted by Gasteiger charge is 2.38. The second kappa shape index (κ2) is 16.4. The summed E-state index contributed by atoms with van der Waals surface area (Å²) in [5.41, 5.74) is 2.94. The molecule has 0 radical (unpaired) electrons. The lowest BCUT2D eigenvalue weighted by Gasteiger charge is -2.32. The predicted octanol–water partition coefficient (Wildman–Crippen LogP) is 7.57. The molecule has 2 aromatic rings. The van der Waals surface area contributed by atoms with E-state index in [1.165, 1.54) is 0 Å². The van der Waals surface area contributed by atoms with Crippen molar-refractivity contribution in [3.8, 4) is 23.0 Å². The predicted molar refractivity (Wildman–Crippen MR) is 196 cm³/mol. The molecule has 0 saturated heterocycles. The van der Waals surface area contributed by atoms with Crippen LogP contribution in [0.1, 0.15) is 77.3 Å². The number of carbonyl (C=O) groups is 2. The van der Waals surface area contributed by atoms with Crippen LogP contribution in [0.15, 0.2) is 69.0 Å². The van der Waals surface area contributed by atoms with Crippen molar-refractivity contribution in [2.75, 3.05) is 41.5 Å². The van der Waals surface area contributed by atoms with Gasteiger partial charge in [-0.05, 0) is 71.9 Å². The van der Waals surface area contributed by atoms with Gasteiger partial charge >= 0.3 is 0 Å². The molecule has 2 fully saturated rings. The van der Waals surface area contributed by atoms with Crippen LogP contribution in [0, 0.1) is 10.8 Å². The molecule has 0 bridgehead atoms. The Labute approximate surface area is 295 Å². The number of carbonyl (C=O) groups excluding carboxylic acids is 2. The van der Waals surface area contributed by atoms with E-state index < -0.39 is 0 Å². The van der Waals surface area contributed by atoms with Crippen LogP contribution in [-0.2, 0) is 22.4 Å². The third-order valence-corrected chi connectivity index (χ3v) is 9.18. The van der Waals surface area contributed by atoms with Crippen LogP contribution in [0.2, 0.25) is 0 Å². The lowest BCUT2D eigenvalue weighted by Crippen LogP contribution is -2.33. The molecule has 2 aromatic carbocycles. The molecule has 0 amide bonds. The Morgan fingerprint density at radius 1 is 0.600 bits per heavy atom. The van der Waals surface area contributed by atoms with Crippen molar-refractivity contribution in [3.05, 3.63) is 70.2 Å². The van der Waals surface area contributed by atoms with Gasteiger partial charge in [-0.25, -0.2) is 0 Å². The summed E-state index contributed by atoms with van der Waals surface area (Å²) in [6.45, 7) is 8.88. The number of ether oxygens (including phenoxy) is 4. The molecular formula is C40H52N2O8. The number of hydrogen-bond donors (Lipinski definition) is 2. The lowest BCUT2D eigenvalue weighted by atomic mass is 9.72. The molecule has 0 spiro atoms. The number of aliphatic hydroxyl groups excluding tert-OH is 2. The van der Waals surface area contributed by atoms with Crippen LogP contribution in [0.25, 0.3) is 0 Å². The minimum atomic E-state index is -0.309. The number of benzene rings is 2.